The second kappa shape index (κ2) is 8.89. The molecule has 1 fully saturated rings. The molecule has 1 N–H and O–H groups in total. The summed E-state index contributed by atoms with van der Waals surface area (Å²) in [5.41, 5.74) is 2.66. The van der Waals surface area contributed by atoms with E-state index in [1.807, 2.05) is 55.1 Å². The highest BCUT2D eigenvalue weighted by Crippen LogP contribution is 2.19. The number of hydrogen-bond donors (Lipinski definition) is 1. The summed E-state index contributed by atoms with van der Waals surface area (Å²) in [4.78, 5) is 31.8. The smallest absolute Gasteiger partial charge is 0.271 e. The summed E-state index contributed by atoms with van der Waals surface area (Å²) in [5.74, 6) is 0.248. The highest BCUT2D eigenvalue weighted by atomic mass is 35.5. The number of nitrogens with zero attached hydrogens (tertiary/aromatic N) is 4. The molecule has 0 saturated carbocycles. The lowest BCUT2D eigenvalue weighted by atomic mass is 10.0. The summed E-state index contributed by atoms with van der Waals surface area (Å²) < 4.78 is 1.69. The Bertz CT molecular complexity index is 1100. The molecule has 0 atom stereocenters. The maximum Gasteiger partial charge on any atom is 0.271 e. The maximum atomic E-state index is 12.9. The summed E-state index contributed by atoms with van der Waals surface area (Å²) in [6.07, 6.45) is 1.36. The van der Waals surface area contributed by atoms with Gasteiger partial charge in [-0.2, -0.15) is 5.10 Å². The van der Waals surface area contributed by atoms with E-state index in [9.17, 15) is 9.59 Å². The fourth-order valence-corrected chi connectivity index (χ4v) is 4.00. The Hall–Kier alpha value is -3.19. The molecule has 3 aromatic rings. The SMILES string of the molecule is Cc1cc(C)n(-c2ccc(Cl)c(C(=O)NC3CCN(C(=O)c4ccccc4)CC3)n2)n1. The maximum absolute atomic E-state index is 12.9. The minimum atomic E-state index is -0.318. The molecule has 2 amide bonds. The third-order valence-corrected chi connectivity index (χ3v) is 5.72. The van der Waals surface area contributed by atoms with Gasteiger partial charge in [0, 0.05) is 30.4 Å². The first-order valence-electron chi connectivity index (χ1n) is 10.3. The number of rotatable bonds is 4. The van der Waals surface area contributed by atoms with Crippen molar-refractivity contribution in [1.29, 1.82) is 0 Å². The number of likely N-dealkylation sites (tertiary alicyclic amines) is 1. The molecule has 1 saturated heterocycles. The zero-order valence-corrected chi connectivity index (χ0v) is 18.3. The average Bonchev–Trinajstić information content (AvgIpc) is 3.12. The van der Waals surface area contributed by atoms with Gasteiger partial charge in [-0.1, -0.05) is 29.8 Å². The van der Waals surface area contributed by atoms with E-state index in [4.69, 9.17) is 11.6 Å². The topological polar surface area (TPSA) is 80.1 Å². The molecule has 1 aromatic carbocycles. The Morgan fingerprint density at radius 1 is 1.06 bits per heavy atom. The van der Waals surface area contributed by atoms with E-state index >= 15 is 0 Å². The zero-order chi connectivity index (χ0) is 22.0. The van der Waals surface area contributed by atoms with Crippen molar-refractivity contribution in [3.63, 3.8) is 0 Å². The number of carbonyl (C=O) groups excluding carboxylic acids is 2. The zero-order valence-electron chi connectivity index (χ0n) is 17.5. The van der Waals surface area contributed by atoms with Crippen LogP contribution in [0.4, 0.5) is 0 Å². The second-order valence-corrected chi connectivity index (χ2v) is 8.15. The lowest BCUT2D eigenvalue weighted by Crippen LogP contribution is -2.46. The molecule has 2 aromatic heterocycles. The van der Waals surface area contributed by atoms with Crippen molar-refractivity contribution in [3.05, 3.63) is 76.2 Å². The minimum Gasteiger partial charge on any atom is -0.348 e. The van der Waals surface area contributed by atoms with Gasteiger partial charge in [-0.3, -0.25) is 9.59 Å². The largest absolute Gasteiger partial charge is 0.348 e. The average molecular weight is 438 g/mol. The Labute approximate surface area is 186 Å². The molecule has 3 heterocycles. The lowest BCUT2D eigenvalue weighted by Gasteiger charge is -2.32. The van der Waals surface area contributed by atoms with Crippen LogP contribution in [0.2, 0.25) is 5.02 Å². The molecule has 0 radical (unpaired) electrons. The van der Waals surface area contributed by atoms with Crippen LogP contribution >= 0.6 is 11.6 Å². The number of benzene rings is 1. The predicted molar refractivity (Wildman–Crippen MR) is 119 cm³/mol. The van der Waals surface area contributed by atoms with Crippen LogP contribution in [-0.2, 0) is 0 Å². The van der Waals surface area contributed by atoms with E-state index in [2.05, 4.69) is 15.4 Å². The molecular weight excluding hydrogens is 414 g/mol. The molecular formula is C23H24ClN5O2. The molecule has 1 aliphatic rings. The van der Waals surface area contributed by atoms with Crippen LogP contribution in [0.5, 0.6) is 0 Å². The first-order valence-corrected chi connectivity index (χ1v) is 10.7. The van der Waals surface area contributed by atoms with Crippen molar-refractivity contribution in [1.82, 2.24) is 25.0 Å². The quantitative estimate of drug-likeness (QED) is 0.676. The predicted octanol–water partition coefficient (Wildman–Crippen LogP) is 3.57. The number of halogens is 1. The van der Waals surface area contributed by atoms with E-state index in [0.29, 0.717) is 42.3 Å². The molecule has 1 aliphatic heterocycles. The standard InChI is InChI=1S/C23H24ClN5O2/c1-15-14-16(2)29(27-15)20-9-8-19(24)21(26-20)22(30)25-18-10-12-28(13-11-18)23(31)17-6-4-3-5-7-17/h3-9,14,18H,10-13H2,1-2H3,(H,25,30). The van der Waals surface area contributed by atoms with Crippen molar-refractivity contribution in [2.24, 2.45) is 0 Å². The van der Waals surface area contributed by atoms with Crippen molar-refractivity contribution >= 4 is 23.4 Å². The summed E-state index contributed by atoms with van der Waals surface area (Å²) in [6.45, 7) is 5.01. The Kier molecular flexibility index (Phi) is 6.04. The van der Waals surface area contributed by atoms with Crippen LogP contribution < -0.4 is 5.32 Å². The van der Waals surface area contributed by atoms with Crippen molar-refractivity contribution < 1.29 is 9.59 Å². The van der Waals surface area contributed by atoms with Crippen molar-refractivity contribution in [2.75, 3.05) is 13.1 Å². The third kappa shape index (κ3) is 4.61. The minimum absolute atomic E-state index is 0.0210. The third-order valence-electron chi connectivity index (χ3n) is 5.41. The number of amides is 2. The van der Waals surface area contributed by atoms with E-state index in [1.165, 1.54) is 0 Å². The highest BCUT2D eigenvalue weighted by Gasteiger charge is 2.26. The first-order chi connectivity index (χ1) is 14.9. The van der Waals surface area contributed by atoms with Gasteiger partial charge in [0.2, 0.25) is 0 Å². The van der Waals surface area contributed by atoms with Gasteiger partial charge in [0.25, 0.3) is 11.8 Å². The van der Waals surface area contributed by atoms with Crippen LogP contribution in [-0.4, -0.2) is 50.6 Å². The Balaban J connectivity index is 1.41. The summed E-state index contributed by atoms with van der Waals surface area (Å²) >= 11 is 6.27. The Morgan fingerprint density at radius 2 is 1.77 bits per heavy atom. The number of piperidine rings is 1. The van der Waals surface area contributed by atoms with E-state index < -0.39 is 0 Å². The number of aromatic nitrogens is 3. The summed E-state index contributed by atoms with van der Waals surface area (Å²) in [5, 5.41) is 7.73. The second-order valence-electron chi connectivity index (χ2n) is 7.74. The van der Waals surface area contributed by atoms with Gasteiger partial charge >= 0.3 is 0 Å². The van der Waals surface area contributed by atoms with Gasteiger partial charge in [0.15, 0.2) is 5.82 Å². The normalized spacial score (nSPS) is 14.5. The van der Waals surface area contributed by atoms with Gasteiger partial charge in [0.1, 0.15) is 5.69 Å². The molecule has 4 rings (SSSR count). The van der Waals surface area contributed by atoms with Gasteiger partial charge in [-0.25, -0.2) is 9.67 Å². The van der Waals surface area contributed by atoms with E-state index in [-0.39, 0.29) is 23.6 Å². The van der Waals surface area contributed by atoms with Gasteiger partial charge in [-0.15, -0.1) is 0 Å². The van der Waals surface area contributed by atoms with Gasteiger partial charge in [0.05, 0.1) is 10.7 Å². The van der Waals surface area contributed by atoms with E-state index in [0.717, 1.165) is 11.4 Å². The Morgan fingerprint density at radius 3 is 2.42 bits per heavy atom. The fraction of sp³-hybridized carbons (Fsp3) is 0.304. The molecule has 0 bridgehead atoms. The number of pyridine rings is 1. The first kappa shape index (κ1) is 21.1. The highest BCUT2D eigenvalue weighted by molar-refractivity contribution is 6.33. The van der Waals surface area contributed by atoms with Crippen LogP contribution in [0, 0.1) is 13.8 Å². The number of carbonyl (C=O) groups is 2. The number of aryl methyl sites for hydroxylation is 2. The van der Waals surface area contributed by atoms with Gasteiger partial charge in [-0.05, 0) is 57.0 Å². The van der Waals surface area contributed by atoms with Crippen LogP contribution in [0.15, 0.2) is 48.5 Å². The van der Waals surface area contributed by atoms with Crippen molar-refractivity contribution in [2.45, 2.75) is 32.7 Å². The monoisotopic (exact) mass is 437 g/mol. The molecule has 31 heavy (non-hydrogen) atoms. The molecule has 0 aliphatic carbocycles. The molecule has 8 heteroatoms. The lowest BCUT2D eigenvalue weighted by molar-refractivity contribution is 0.0697. The summed E-state index contributed by atoms with van der Waals surface area (Å²) in [7, 11) is 0. The van der Waals surface area contributed by atoms with Crippen LogP contribution in [0.25, 0.3) is 5.82 Å². The van der Waals surface area contributed by atoms with Crippen molar-refractivity contribution in [3.8, 4) is 5.82 Å². The van der Waals surface area contributed by atoms with Crippen LogP contribution in [0.1, 0.15) is 45.1 Å². The molecule has 160 valence electrons. The molecule has 7 nitrogen and oxygen atoms in total. The molecule has 0 unspecified atom stereocenters. The number of nitrogens with one attached hydrogen (secondary N) is 1. The summed E-state index contributed by atoms with van der Waals surface area (Å²) in [6, 6.07) is 14.6. The van der Waals surface area contributed by atoms with Gasteiger partial charge < -0.3 is 10.2 Å². The molecule has 0 spiro atoms. The van der Waals surface area contributed by atoms with E-state index in [1.54, 1.807) is 16.8 Å². The number of hydrogen-bond acceptors (Lipinski definition) is 4. The van der Waals surface area contributed by atoms with Crippen LogP contribution in [0.3, 0.4) is 0 Å². The fourth-order valence-electron chi connectivity index (χ4n) is 3.81.